The van der Waals surface area contributed by atoms with Crippen LogP contribution in [0.25, 0.3) is 0 Å². The lowest BCUT2D eigenvalue weighted by Gasteiger charge is -2.30. The van der Waals surface area contributed by atoms with Gasteiger partial charge >= 0.3 is 0 Å². The van der Waals surface area contributed by atoms with E-state index in [-0.39, 0.29) is 5.54 Å². The fourth-order valence-corrected chi connectivity index (χ4v) is 3.24. The Labute approximate surface area is 99.2 Å². The van der Waals surface area contributed by atoms with Crippen molar-refractivity contribution in [3.8, 4) is 0 Å². The van der Waals surface area contributed by atoms with Gasteiger partial charge in [-0.2, -0.15) is 0 Å². The van der Waals surface area contributed by atoms with E-state index in [2.05, 4.69) is 34.1 Å². The molecule has 2 aliphatic rings. The van der Waals surface area contributed by atoms with Crippen LogP contribution in [0.2, 0.25) is 0 Å². The van der Waals surface area contributed by atoms with Crippen LogP contribution in [0.4, 0.5) is 0 Å². The van der Waals surface area contributed by atoms with Crippen molar-refractivity contribution in [2.75, 3.05) is 0 Å². The quantitative estimate of drug-likeness (QED) is 0.828. The standard InChI is InChI=1S/C13H16BrN/c14-10-5-4-9-2-1-3-12(11(9)8-10)13(15)6-7-13/h4-5,8,12H,1-3,6-7,15H2. The Hall–Kier alpha value is -0.340. The van der Waals surface area contributed by atoms with Gasteiger partial charge in [0.25, 0.3) is 0 Å². The highest BCUT2D eigenvalue weighted by Gasteiger charge is 2.47. The van der Waals surface area contributed by atoms with Gasteiger partial charge in [0.15, 0.2) is 0 Å². The van der Waals surface area contributed by atoms with Crippen LogP contribution in [-0.2, 0) is 6.42 Å². The first-order valence-corrected chi connectivity index (χ1v) is 6.55. The van der Waals surface area contributed by atoms with E-state index in [9.17, 15) is 0 Å². The summed E-state index contributed by atoms with van der Waals surface area (Å²) in [5.41, 5.74) is 9.54. The van der Waals surface area contributed by atoms with Crippen molar-refractivity contribution in [1.82, 2.24) is 0 Å². The molecule has 0 bridgehead atoms. The minimum absolute atomic E-state index is 0.135. The van der Waals surface area contributed by atoms with Crippen LogP contribution < -0.4 is 5.73 Å². The molecule has 0 amide bonds. The van der Waals surface area contributed by atoms with Gasteiger partial charge in [-0.15, -0.1) is 0 Å². The number of nitrogens with two attached hydrogens (primary N) is 1. The van der Waals surface area contributed by atoms with E-state index in [0.717, 1.165) is 0 Å². The minimum Gasteiger partial charge on any atom is -0.325 e. The third-order valence-electron chi connectivity index (χ3n) is 3.94. The number of halogens is 1. The lowest BCUT2D eigenvalue weighted by Crippen LogP contribution is -2.33. The van der Waals surface area contributed by atoms with E-state index in [1.54, 1.807) is 0 Å². The van der Waals surface area contributed by atoms with E-state index in [4.69, 9.17) is 5.73 Å². The summed E-state index contributed by atoms with van der Waals surface area (Å²) in [5, 5.41) is 0. The molecule has 1 atom stereocenters. The second-order valence-electron chi connectivity index (χ2n) is 5.02. The van der Waals surface area contributed by atoms with Gasteiger partial charge < -0.3 is 5.73 Å². The van der Waals surface area contributed by atoms with Crippen molar-refractivity contribution < 1.29 is 0 Å². The van der Waals surface area contributed by atoms with Crippen LogP contribution in [0.3, 0.4) is 0 Å². The third kappa shape index (κ3) is 1.64. The van der Waals surface area contributed by atoms with Crippen LogP contribution in [0.1, 0.15) is 42.7 Å². The summed E-state index contributed by atoms with van der Waals surface area (Å²) in [4.78, 5) is 0. The molecule has 0 radical (unpaired) electrons. The van der Waals surface area contributed by atoms with Crippen molar-refractivity contribution in [2.45, 2.75) is 43.6 Å². The largest absolute Gasteiger partial charge is 0.325 e. The molecule has 0 saturated heterocycles. The lowest BCUT2D eigenvalue weighted by molar-refractivity contribution is 0.449. The third-order valence-corrected chi connectivity index (χ3v) is 4.44. The SMILES string of the molecule is NC1(C2CCCc3ccc(Br)cc32)CC1. The second-order valence-corrected chi connectivity index (χ2v) is 5.94. The number of fused-ring (bicyclic) bond motifs is 1. The molecule has 2 aliphatic carbocycles. The smallest absolute Gasteiger partial charge is 0.0225 e. The maximum Gasteiger partial charge on any atom is 0.0225 e. The first kappa shape index (κ1) is 9.86. The van der Waals surface area contributed by atoms with Gasteiger partial charge in [0, 0.05) is 15.9 Å². The zero-order valence-electron chi connectivity index (χ0n) is 8.80. The minimum atomic E-state index is 0.135. The molecule has 1 nitrogen and oxygen atoms in total. The van der Waals surface area contributed by atoms with Gasteiger partial charge in [0.1, 0.15) is 0 Å². The van der Waals surface area contributed by atoms with Crippen LogP contribution in [0.5, 0.6) is 0 Å². The number of benzene rings is 1. The Morgan fingerprint density at radius 1 is 1.33 bits per heavy atom. The predicted molar refractivity (Wildman–Crippen MR) is 66.0 cm³/mol. The molecule has 1 fully saturated rings. The number of rotatable bonds is 1. The van der Waals surface area contributed by atoms with Gasteiger partial charge in [0.2, 0.25) is 0 Å². The summed E-state index contributed by atoms with van der Waals surface area (Å²) in [6.45, 7) is 0. The van der Waals surface area contributed by atoms with Crippen LogP contribution in [0.15, 0.2) is 22.7 Å². The van der Waals surface area contributed by atoms with Gasteiger partial charge in [-0.3, -0.25) is 0 Å². The highest BCUT2D eigenvalue weighted by atomic mass is 79.9. The molecule has 1 aromatic carbocycles. The van der Waals surface area contributed by atoms with Crippen molar-refractivity contribution in [1.29, 1.82) is 0 Å². The molecule has 0 aliphatic heterocycles. The normalized spacial score (nSPS) is 27.2. The van der Waals surface area contributed by atoms with E-state index < -0.39 is 0 Å². The monoisotopic (exact) mass is 265 g/mol. The van der Waals surface area contributed by atoms with Crippen LogP contribution in [-0.4, -0.2) is 5.54 Å². The van der Waals surface area contributed by atoms with Crippen LogP contribution >= 0.6 is 15.9 Å². The fraction of sp³-hybridized carbons (Fsp3) is 0.538. The molecule has 1 unspecified atom stereocenters. The molecule has 1 saturated carbocycles. The Kier molecular flexibility index (Phi) is 2.18. The van der Waals surface area contributed by atoms with Gasteiger partial charge in [-0.1, -0.05) is 22.0 Å². The summed E-state index contributed by atoms with van der Waals surface area (Å²) >= 11 is 3.56. The number of aryl methyl sites for hydroxylation is 1. The average Bonchev–Trinajstić information content (AvgIpc) is 2.96. The molecule has 1 aromatic rings. The van der Waals surface area contributed by atoms with E-state index in [0.29, 0.717) is 5.92 Å². The molecule has 15 heavy (non-hydrogen) atoms. The van der Waals surface area contributed by atoms with E-state index in [1.807, 2.05) is 0 Å². The molecule has 0 aromatic heterocycles. The zero-order valence-corrected chi connectivity index (χ0v) is 10.4. The topological polar surface area (TPSA) is 26.0 Å². The zero-order chi connectivity index (χ0) is 10.5. The first-order chi connectivity index (χ1) is 7.19. The van der Waals surface area contributed by atoms with Gasteiger partial charge in [-0.05, 0) is 55.4 Å². The summed E-state index contributed by atoms with van der Waals surface area (Å²) in [6, 6.07) is 6.70. The molecule has 2 heteroatoms. The Balaban J connectivity index is 2.05. The maximum atomic E-state index is 6.37. The molecule has 80 valence electrons. The van der Waals surface area contributed by atoms with E-state index >= 15 is 0 Å². The van der Waals surface area contributed by atoms with Gasteiger partial charge in [-0.25, -0.2) is 0 Å². The number of hydrogen-bond donors (Lipinski definition) is 1. The molecular weight excluding hydrogens is 250 g/mol. The van der Waals surface area contributed by atoms with Crippen molar-refractivity contribution in [3.05, 3.63) is 33.8 Å². The number of hydrogen-bond acceptors (Lipinski definition) is 1. The Morgan fingerprint density at radius 2 is 2.13 bits per heavy atom. The Bertz CT molecular complexity index is 396. The molecular formula is C13H16BrN. The first-order valence-electron chi connectivity index (χ1n) is 5.76. The molecule has 0 heterocycles. The van der Waals surface area contributed by atoms with E-state index in [1.165, 1.54) is 47.7 Å². The average molecular weight is 266 g/mol. The fourth-order valence-electron chi connectivity index (χ4n) is 2.86. The molecule has 3 rings (SSSR count). The predicted octanol–water partition coefficient (Wildman–Crippen LogP) is 3.36. The van der Waals surface area contributed by atoms with Crippen molar-refractivity contribution >= 4 is 15.9 Å². The maximum absolute atomic E-state index is 6.37. The van der Waals surface area contributed by atoms with Crippen molar-refractivity contribution in [2.24, 2.45) is 5.73 Å². The summed E-state index contributed by atoms with van der Waals surface area (Å²) in [7, 11) is 0. The summed E-state index contributed by atoms with van der Waals surface area (Å²) in [5.74, 6) is 0.610. The molecule has 2 N–H and O–H groups in total. The highest BCUT2D eigenvalue weighted by molar-refractivity contribution is 9.10. The van der Waals surface area contributed by atoms with Gasteiger partial charge in [0.05, 0.1) is 0 Å². The highest BCUT2D eigenvalue weighted by Crippen LogP contribution is 2.50. The van der Waals surface area contributed by atoms with Crippen molar-refractivity contribution in [3.63, 3.8) is 0 Å². The van der Waals surface area contributed by atoms with Crippen LogP contribution in [0, 0.1) is 0 Å². The lowest BCUT2D eigenvalue weighted by atomic mass is 9.78. The molecule has 0 spiro atoms. The summed E-state index contributed by atoms with van der Waals surface area (Å²) in [6.07, 6.45) is 6.24. The second kappa shape index (κ2) is 3.33. The Morgan fingerprint density at radius 3 is 2.87 bits per heavy atom. The summed E-state index contributed by atoms with van der Waals surface area (Å²) < 4.78 is 1.19.